The Balaban J connectivity index is 0.000000177. The van der Waals surface area contributed by atoms with E-state index in [2.05, 4.69) is 46.4 Å². The fourth-order valence-electron chi connectivity index (χ4n) is 4.04. The number of hydrogen-bond donors (Lipinski definition) is 1. The Kier molecular flexibility index (Phi) is 11.5. The van der Waals surface area contributed by atoms with Gasteiger partial charge in [-0.25, -0.2) is 0 Å². The second kappa shape index (κ2) is 15.2. The number of hydrogen-bond acceptors (Lipinski definition) is 4. The number of carbonyl (C=O) groups is 1. The van der Waals surface area contributed by atoms with Gasteiger partial charge in [0, 0.05) is 38.6 Å². The third-order valence-corrected chi connectivity index (χ3v) is 5.69. The summed E-state index contributed by atoms with van der Waals surface area (Å²) in [4.78, 5) is 18.9. The minimum Gasteiger partial charge on any atom is -0.512 e. The van der Waals surface area contributed by atoms with Crippen LogP contribution in [0.1, 0.15) is 13.8 Å². The normalized spacial score (nSPS) is 10.4. The van der Waals surface area contributed by atoms with E-state index in [4.69, 9.17) is 5.11 Å². The first-order chi connectivity index (χ1) is 19.0. The zero-order valence-electron chi connectivity index (χ0n) is 22.2. The molecule has 0 unspecified atom stereocenters. The molecule has 0 bridgehead atoms. The number of benzene rings is 4. The third kappa shape index (κ3) is 8.28. The SMILES string of the molecule is CC(=O)/C=C(\C)O.[Ir].[c-]1ccccc1-c1nccc2ccccc12.[c-]1ccccc1-c1nccc2ccccc12. The second-order valence-corrected chi connectivity index (χ2v) is 8.71. The van der Waals surface area contributed by atoms with Crippen LogP contribution in [0.3, 0.4) is 0 Å². The summed E-state index contributed by atoms with van der Waals surface area (Å²) in [6.07, 6.45) is 4.86. The maximum atomic E-state index is 10.0. The molecule has 4 nitrogen and oxygen atoms in total. The molecule has 6 aromatic rings. The predicted molar refractivity (Wildman–Crippen MR) is 159 cm³/mol. The van der Waals surface area contributed by atoms with Gasteiger partial charge in [0.1, 0.15) is 0 Å². The Bertz CT molecular complexity index is 1570. The van der Waals surface area contributed by atoms with Crippen LogP contribution in [0.15, 0.2) is 133 Å². The molecule has 0 aliphatic carbocycles. The van der Waals surface area contributed by atoms with Gasteiger partial charge in [-0.15, -0.1) is 71.8 Å². The van der Waals surface area contributed by atoms with E-state index in [0.29, 0.717) is 0 Å². The number of aliphatic hydroxyl groups excluding tert-OH is 1. The molecule has 40 heavy (non-hydrogen) atoms. The molecule has 0 spiro atoms. The van der Waals surface area contributed by atoms with E-state index in [-0.39, 0.29) is 31.6 Å². The van der Waals surface area contributed by atoms with Gasteiger partial charge in [0.25, 0.3) is 0 Å². The average Bonchev–Trinajstić information content (AvgIpc) is 2.97. The van der Waals surface area contributed by atoms with Crippen LogP contribution in [0.25, 0.3) is 44.1 Å². The van der Waals surface area contributed by atoms with Gasteiger partial charge in [0.05, 0.1) is 5.76 Å². The number of pyridine rings is 2. The Morgan fingerprint density at radius 2 is 1.07 bits per heavy atom. The zero-order valence-corrected chi connectivity index (χ0v) is 24.6. The van der Waals surface area contributed by atoms with E-state index >= 15 is 0 Å². The number of fused-ring (bicyclic) bond motifs is 2. The van der Waals surface area contributed by atoms with Crippen LogP contribution in [0.5, 0.6) is 0 Å². The molecule has 4 aromatic carbocycles. The zero-order chi connectivity index (χ0) is 27.5. The van der Waals surface area contributed by atoms with Gasteiger partial charge in [0.15, 0.2) is 5.78 Å². The molecular formula is C35H28IrN2O2-2. The van der Waals surface area contributed by atoms with E-state index in [1.54, 1.807) is 0 Å². The molecule has 0 amide bonds. The van der Waals surface area contributed by atoms with Gasteiger partial charge in [-0.1, -0.05) is 48.5 Å². The molecule has 5 heteroatoms. The van der Waals surface area contributed by atoms with Crippen LogP contribution < -0.4 is 0 Å². The molecule has 6 rings (SSSR count). The van der Waals surface area contributed by atoms with Crippen molar-refractivity contribution in [1.82, 2.24) is 9.97 Å². The number of allylic oxidation sites excluding steroid dienone is 2. The molecule has 0 aliphatic heterocycles. The van der Waals surface area contributed by atoms with Crippen LogP contribution in [-0.4, -0.2) is 20.9 Å². The molecule has 0 saturated carbocycles. The molecular weight excluding hydrogens is 673 g/mol. The average molecular weight is 701 g/mol. The fourth-order valence-corrected chi connectivity index (χ4v) is 4.04. The van der Waals surface area contributed by atoms with Crippen molar-refractivity contribution in [3.05, 3.63) is 146 Å². The summed E-state index contributed by atoms with van der Waals surface area (Å²) in [6.45, 7) is 2.85. The first-order valence-electron chi connectivity index (χ1n) is 12.5. The molecule has 0 saturated heterocycles. The quantitative estimate of drug-likeness (QED) is 0.114. The maximum absolute atomic E-state index is 10.0. The topological polar surface area (TPSA) is 63.1 Å². The molecule has 1 radical (unpaired) electrons. The summed E-state index contributed by atoms with van der Waals surface area (Å²) in [5.74, 6) is -0.0625. The molecule has 1 N–H and O–H groups in total. The van der Waals surface area contributed by atoms with Crippen molar-refractivity contribution in [3.63, 3.8) is 0 Å². The van der Waals surface area contributed by atoms with Crippen molar-refractivity contribution >= 4 is 27.3 Å². The largest absolute Gasteiger partial charge is 0.512 e. The van der Waals surface area contributed by atoms with Gasteiger partial charge >= 0.3 is 0 Å². The first-order valence-corrected chi connectivity index (χ1v) is 12.5. The summed E-state index contributed by atoms with van der Waals surface area (Å²) in [5, 5.41) is 13.1. The van der Waals surface area contributed by atoms with Gasteiger partial charge in [-0.2, -0.15) is 0 Å². The van der Waals surface area contributed by atoms with Crippen molar-refractivity contribution in [2.45, 2.75) is 13.8 Å². The maximum Gasteiger partial charge on any atom is 0.155 e. The van der Waals surface area contributed by atoms with Crippen LogP contribution in [0.2, 0.25) is 0 Å². The predicted octanol–water partition coefficient (Wildman–Crippen LogP) is 8.44. The van der Waals surface area contributed by atoms with Gasteiger partial charge in [-0.05, 0) is 58.9 Å². The minimum atomic E-state index is -0.125. The summed E-state index contributed by atoms with van der Waals surface area (Å²) >= 11 is 0. The van der Waals surface area contributed by atoms with Crippen LogP contribution in [-0.2, 0) is 24.9 Å². The Morgan fingerprint density at radius 3 is 1.43 bits per heavy atom. The van der Waals surface area contributed by atoms with E-state index < -0.39 is 0 Å². The molecule has 2 heterocycles. The van der Waals surface area contributed by atoms with Gasteiger partial charge in [-0.3, -0.25) is 4.79 Å². The van der Waals surface area contributed by atoms with Crippen molar-refractivity contribution in [2.75, 3.05) is 0 Å². The fraction of sp³-hybridized carbons (Fsp3) is 0.0571. The Morgan fingerprint density at radius 1 is 0.650 bits per heavy atom. The molecule has 201 valence electrons. The number of aliphatic hydroxyl groups is 1. The van der Waals surface area contributed by atoms with Crippen molar-refractivity contribution < 1.29 is 30.0 Å². The van der Waals surface area contributed by atoms with E-state index in [0.717, 1.165) is 22.5 Å². The van der Waals surface area contributed by atoms with Crippen LogP contribution >= 0.6 is 0 Å². The number of aromatic nitrogens is 2. The smallest absolute Gasteiger partial charge is 0.155 e. The monoisotopic (exact) mass is 701 g/mol. The summed E-state index contributed by atoms with van der Waals surface area (Å²) < 4.78 is 0. The standard InChI is InChI=1S/2C15H10N.C5H8O2.Ir/c2*1-2-7-13(8-3-1)15-14-9-5-4-6-12(14)10-11-16-15;1-4(6)3-5(2)7;/h2*1-7,9-11H;3,6H,1-2H3;/q2*-1;;/b;;4-3+;. The summed E-state index contributed by atoms with van der Waals surface area (Å²) in [5.41, 5.74) is 4.08. The minimum absolute atomic E-state index is 0. The third-order valence-electron chi connectivity index (χ3n) is 5.69. The molecule has 0 aliphatic rings. The van der Waals surface area contributed by atoms with Crippen molar-refractivity contribution in [1.29, 1.82) is 0 Å². The molecule has 0 atom stereocenters. The van der Waals surface area contributed by atoms with E-state index in [1.807, 2.05) is 97.3 Å². The summed E-state index contributed by atoms with van der Waals surface area (Å²) in [6, 6.07) is 42.9. The number of rotatable bonds is 3. The van der Waals surface area contributed by atoms with Gasteiger partial charge in [0.2, 0.25) is 0 Å². The van der Waals surface area contributed by atoms with Crippen molar-refractivity contribution in [3.8, 4) is 22.5 Å². The van der Waals surface area contributed by atoms with Crippen LogP contribution in [0.4, 0.5) is 0 Å². The number of nitrogens with zero attached hydrogens (tertiary/aromatic N) is 2. The Labute approximate surface area is 248 Å². The Hall–Kier alpha value is -4.44. The summed E-state index contributed by atoms with van der Waals surface area (Å²) in [7, 11) is 0. The van der Waals surface area contributed by atoms with E-state index in [1.165, 1.54) is 41.5 Å². The molecule has 2 aromatic heterocycles. The molecule has 0 fully saturated rings. The number of carbonyl (C=O) groups excluding carboxylic acids is 1. The van der Waals surface area contributed by atoms with Gasteiger partial charge < -0.3 is 15.1 Å². The van der Waals surface area contributed by atoms with E-state index in [9.17, 15) is 4.79 Å². The van der Waals surface area contributed by atoms with Crippen molar-refractivity contribution in [2.24, 2.45) is 0 Å². The van der Waals surface area contributed by atoms with Crippen LogP contribution in [0, 0.1) is 12.1 Å². The first kappa shape index (κ1) is 30.1. The number of ketones is 1. The second-order valence-electron chi connectivity index (χ2n) is 8.71.